The van der Waals surface area contributed by atoms with Crippen LogP contribution in [0.2, 0.25) is 0 Å². The number of hydrogen-bond acceptors (Lipinski definition) is 5. The van der Waals surface area contributed by atoms with Crippen molar-refractivity contribution in [3.05, 3.63) is 12.4 Å². The number of nitrogens with two attached hydrogens (primary N) is 1. The Bertz CT molecular complexity index is 394. The van der Waals surface area contributed by atoms with E-state index in [1.807, 2.05) is 6.20 Å². The van der Waals surface area contributed by atoms with Gasteiger partial charge in [-0.05, 0) is 25.8 Å². The van der Waals surface area contributed by atoms with Gasteiger partial charge in [-0.1, -0.05) is 0 Å². The third-order valence-corrected chi connectivity index (χ3v) is 3.77. The summed E-state index contributed by atoms with van der Waals surface area (Å²) < 4.78 is 0. The Morgan fingerprint density at radius 1 is 1.18 bits per heavy atom. The molecule has 0 spiro atoms. The maximum Gasteiger partial charge on any atom is 0.149 e. The summed E-state index contributed by atoms with van der Waals surface area (Å²) in [6.45, 7) is 4.61. The molecular weight excluding hydrogens is 214 g/mol. The third kappa shape index (κ3) is 2.20. The zero-order chi connectivity index (χ0) is 11.7. The van der Waals surface area contributed by atoms with E-state index in [0.717, 1.165) is 18.9 Å². The molecule has 2 saturated heterocycles. The van der Waals surface area contributed by atoms with E-state index in [-0.39, 0.29) is 0 Å². The van der Waals surface area contributed by atoms with E-state index in [1.54, 1.807) is 6.20 Å². The SMILES string of the molecule is Nc1cncc(N2CCCN3CCCC3C2)n1. The van der Waals surface area contributed by atoms with Crippen LogP contribution in [0.15, 0.2) is 12.4 Å². The van der Waals surface area contributed by atoms with Crippen LogP contribution in [0.1, 0.15) is 19.3 Å². The first kappa shape index (κ1) is 10.8. The average Bonchev–Trinajstić information content (AvgIpc) is 2.66. The molecule has 0 radical (unpaired) electrons. The van der Waals surface area contributed by atoms with Crippen LogP contribution in [0.5, 0.6) is 0 Å². The average molecular weight is 233 g/mol. The Morgan fingerprint density at radius 2 is 2.06 bits per heavy atom. The summed E-state index contributed by atoms with van der Waals surface area (Å²) in [4.78, 5) is 13.5. The minimum absolute atomic E-state index is 0.509. The fourth-order valence-electron chi connectivity index (χ4n) is 2.94. The molecule has 0 saturated carbocycles. The molecule has 2 fully saturated rings. The molecule has 92 valence electrons. The number of rotatable bonds is 1. The first-order valence-corrected chi connectivity index (χ1v) is 6.39. The van der Waals surface area contributed by atoms with Gasteiger partial charge in [0.05, 0.1) is 12.4 Å². The van der Waals surface area contributed by atoms with Crippen molar-refractivity contribution >= 4 is 11.6 Å². The van der Waals surface area contributed by atoms with Crippen LogP contribution >= 0.6 is 0 Å². The second-order valence-electron chi connectivity index (χ2n) is 4.93. The van der Waals surface area contributed by atoms with Crippen molar-refractivity contribution in [2.24, 2.45) is 0 Å². The number of nitrogens with zero attached hydrogens (tertiary/aromatic N) is 4. The smallest absolute Gasteiger partial charge is 0.149 e. The van der Waals surface area contributed by atoms with Gasteiger partial charge < -0.3 is 10.6 Å². The fraction of sp³-hybridized carbons (Fsp3) is 0.667. The summed E-state index contributed by atoms with van der Waals surface area (Å²) in [5, 5.41) is 0. The minimum atomic E-state index is 0.509. The molecule has 3 heterocycles. The van der Waals surface area contributed by atoms with Crippen molar-refractivity contribution in [1.29, 1.82) is 0 Å². The standard InChI is InChI=1S/C12H19N5/c13-11-7-14-8-12(15-11)17-6-2-5-16-4-1-3-10(16)9-17/h7-8,10H,1-6,9H2,(H2,13,15). The second kappa shape index (κ2) is 4.49. The van der Waals surface area contributed by atoms with Crippen LogP contribution in [0.4, 0.5) is 11.6 Å². The molecule has 0 aromatic carbocycles. The van der Waals surface area contributed by atoms with Crippen molar-refractivity contribution in [2.45, 2.75) is 25.3 Å². The first-order chi connectivity index (χ1) is 8.33. The lowest BCUT2D eigenvalue weighted by molar-refractivity contribution is 0.273. The molecule has 1 atom stereocenters. The van der Waals surface area contributed by atoms with E-state index >= 15 is 0 Å². The van der Waals surface area contributed by atoms with E-state index in [4.69, 9.17) is 5.73 Å². The highest BCUT2D eigenvalue weighted by atomic mass is 15.3. The van der Waals surface area contributed by atoms with Crippen molar-refractivity contribution in [3.8, 4) is 0 Å². The number of hydrogen-bond donors (Lipinski definition) is 1. The van der Waals surface area contributed by atoms with Gasteiger partial charge in [0.1, 0.15) is 11.6 Å². The van der Waals surface area contributed by atoms with Gasteiger partial charge in [-0.2, -0.15) is 0 Å². The molecule has 2 aliphatic heterocycles. The van der Waals surface area contributed by atoms with E-state index in [1.165, 1.54) is 32.4 Å². The number of aromatic nitrogens is 2. The van der Waals surface area contributed by atoms with Gasteiger partial charge in [0.25, 0.3) is 0 Å². The Labute approximate surface area is 102 Å². The van der Waals surface area contributed by atoms with Crippen LogP contribution in [0, 0.1) is 0 Å². The van der Waals surface area contributed by atoms with E-state index in [2.05, 4.69) is 19.8 Å². The monoisotopic (exact) mass is 233 g/mol. The van der Waals surface area contributed by atoms with Gasteiger partial charge in [0.15, 0.2) is 0 Å². The van der Waals surface area contributed by atoms with E-state index < -0.39 is 0 Å². The Balaban J connectivity index is 1.78. The molecule has 2 aliphatic rings. The zero-order valence-electron chi connectivity index (χ0n) is 10.0. The van der Waals surface area contributed by atoms with Gasteiger partial charge in [-0.15, -0.1) is 0 Å². The first-order valence-electron chi connectivity index (χ1n) is 6.39. The molecule has 3 rings (SSSR count). The molecule has 1 unspecified atom stereocenters. The number of nitrogen functional groups attached to an aromatic ring is 1. The third-order valence-electron chi connectivity index (χ3n) is 3.77. The molecule has 5 nitrogen and oxygen atoms in total. The fourth-order valence-corrected chi connectivity index (χ4v) is 2.94. The van der Waals surface area contributed by atoms with Crippen molar-refractivity contribution in [2.75, 3.05) is 36.8 Å². The molecule has 1 aromatic heterocycles. The van der Waals surface area contributed by atoms with Crippen LogP contribution in [0.3, 0.4) is 0 Å². The lowest BCUT2D eigenvalue weighted by Gasteiger charge is -2.26. The summed E-state index contributed by atoms with van der Waals surface area (Å²) in [7, 11) is 0. The summed E-state index contributed by atoms with van der Waals surface area (Å²) in [6.07, 6.45) is 7.27. The quantitative estimate of drug-likeness (QED) is 0.775. The number of fused-ring (bicyclic) bond motifs is 1. The van der Waals surface area contributed by atoms with Gasteiger partial charge in [0, 0.05) is 25.7 Å². The second-order valence-corrected chi connectivity index (χ2v) is 4.93. The Hall–Kier alpha value is -1.36. The predicted octanol–water partition coefficient (Wildman–Crippen LogP) is 0.733. The minimum Gasteiger partial charge on any atom is -0.382 e. The number of anilines is 2. The lowest BCUT2D eigenvalue weighted by atomic mass is 10.2. The predicted molar refractivity (Wildman–Crippen MR) is 67.9 cm³/mol. The van der Waals surface area contributed by atoms with Gasteiger partial charge in [-0.25, -0.2) is 4.98 Å². The normalized spacial score (nSPS) is 25.6. The maximum absolute atomic E-state index is 5.70. The molecule has 0 aliphatic carbocycles. The summed E-state index contributed by atoms with van der Waals surface area (Å²) >= 11 is 0. The van der Waals surface area contributed by atoms with Gasteiger partial charge in [-0.3, -0.25) is 9.88 Å². The molecule has 2 N–H and O–H groups in total. The molecule has 0 bridgehead atoms. The Morgan fingerprint density at radius 3 is 2.94 bits per heavy atom. The van der Waals surface area contributed by atoms with Gasteiger partial charge in [0.2, 0.25) is 0 Å². The van der Waals surface area contributed by atoms with Crippen LogP contribution in [0.25, 0.3) is 0 Å². The topological polar surface area (TPSA) is 58.3 Å². The van der Waals surface area contributed by atoms with Crippen molar-refractivity contribution in [3.63, 3.8) is 0 Å². The van der Waals surface area contributed by atoms with E-state index in [9.17, 15) is 0 Å². The molecular formula is C12H19N5. The zero-order valence-corrected chi connectivity index (χ0v) is 10.0. The molecule has 5 heteroatoms. The summed E-state index contributed by atoms with van der Waals surface area (Å²) in [6, 6.07) is 0.695. The van der Waals surface area contributed by atoms with Crippen LogP contribution < -0.4 is 10.6 Å². The maximum atomic E-state index is 5.70. The summed E-state index contributed by atoms with van der Waals surface area (Å²) in [5.41, 5.74) is 5.70. The van der Waals surface area contributed by atoms with Crippen LogP contribution in [-0.2, 0) is 0 Å². The van der Waals surface area contributed by atoms with E-state index in [0.29, 0.717) is 11.9 Å². The van der Waals surface area contributed by atoms with Crippen molar-refractivity contribution in [1.82, 2.24) is 14.9 Å². The largest absolute Gasteiger partial charge is 0.382 e. The Kier molecular flexibility index (Phi) is 2.84. The summed E-state index contributed by atoms with van der Waals surface area (Å²) in [5.74, 6) is 1.44. The highest BCUT2D eigenvalue weighted by Crippen LogP contribution is 2.23. The highest BCUT2D eigenvalue weighted by Gasteiger charge is 2.29. The molecule has 1 aromatic rings. The molecule has 0 amide bonds. The van der Waals surface area contributed by atoms with Crippen molar-refractivity contribution < 1.29 is 0 Å². The molecule has 17 heavy (non-hydrogen) atoms. The van der Waals surface area contributed by atoms with Gasteiger partial charge >= 0.3 is 0 Å². The van der Waals surface area contributed by atoms with Crippen LogP contribution in [-0.4, -0.2) is 47.1 Å². The lowest BCUT2D eigenvalue weighted by Crippen LogP contribution is -2.37. The highest BCUT2D eigenvalue weighted by molar-refractivity contribution is 5.41.